The van der Waals surface area contributed by atoms with Crippen LogP contribution >= 0.6 is 12.0 Å². The number of non-ortho nitro benzene ring substituents is 1. The van der Waals surface area contributed by atoms with Crippen LogP contribution in [0.25, 0.3) is 0 Å². The zero-order valence-electron chi connectivity index (χ0n) is 21.8. The number of nitrogens with zero attached hydrogens (tertiary/aromatic N) is 3. The molecule has 39 heavy (non-hydrogen) atoms. The predicted octanol–water partition coefficient (Wildman–Crippen LogP) is 3.92. The van der Waals surface area contributed by atoms with E-state index in [1.807, 2.05) is 19.6 Å². The predicted molar refractivity (Wildman–Crippen MR) is 145 cm³/mol. The summed E-state index contributed by atoms with van der Waals surface area (Å²) in [6.45, 7) is 11.1. The van der Waals surface area contributed by atoms with Crippen molar-refractivity contribution in [1.29, 1.82) is 0 Å². The van der Waals surface area contributed by atoms with Gasteiger partial charge in [0.05, 0.1) is 16.1 Å². The Labute approximate surface area is 230 Å². The topological polar surface area (TPSA) is 136 Å². The zero-order chi connectivity index (χ0) is 28.6. The summed E-state index contributed by atoms with van der Waals surface area (Å²) in [6.07, 6.45) is 0. The summed E-state index contributed by atoms with van der Waals surface area (Å²) < 4.78 is 11.4. The third kappa shape index (κ3) is 5.51. The second kappa shape index (κ2) is 10.7. The Morgan fingerprint density at radius 2 is 1.64 bits per heavy atom. The van der Waals surface area contributed by atoms with Crippen molar-refractivity contribution in [2.75, 3.05) is 0 Å². The van der Waals surface area contributed by atoms with Gasteiger partial charge in [-0.05, 0) is 62.0 Å². The number of imide groups is 1. The first kappa shape index (κ1) is 28.2. The largest absolute Gasteiger partial charge is 0.459 e. The fraction of sp³-hybridized carbons (Fsp3) is 0.308. The second-order valence-corrected chi connectivity index (χ2v) is 15.7. The van der Waals surface area contributed by atoms with Crippen LogP contribution in [0.3, 0.4) is 0 Å². The summed E-state index contributed by atoms with van der Waals surface area (Å²) in [6, 6.07) is 9.49. The van der Waals surface area contributed by atoms with Gasteiger partial charge in [-0.15, -0.1) is 0 Å². The van der Waals surface area contributed by atoms with Crippen molar-refractivity contribution < 1.29 is 32.7 Å². The van der Waals surface area contributed by atoms with Crippen LogP contribution in [0.5, 0.6) is 0 Å². The molecule has 0 N–H and O–H groups in total. The van der Waals surface area contributed by atoms with Gasteiger partial charge in [0.25, 0.3) is 23.4 Å². The van der Waals surface area contributed by atoms with Crippen LogP contribution in [-0.4, -0.2) is 64.2 Å². The van der Waals surface area contributed by atoms with Gasteiger partial charge in [-0.2, -0.15) is 0 Å². The maximum absolute atomic E-state index is 13.6. The Kier molecular flexibility index (Phi) is 7.77. The van der Waals surface area contributed by atoms with Crippen molar-refractivity contribution in [3.63, 3.8) is 0 Å². The highest BCUT2D eigenvalue weighted by Crippen LogP contribution is 2.41. The molecule has 0 spiro atoms. The summed E-state index contributed by atoms with van der Waals surface area (Å²) in [7, 11) is -2.13. The molecule has 0 aliphatic carbocycles. The monoisotopic (exact) mass is 569 g/mol. The number of carbonyl (C=O) groups excluding carboxylic acids is 4. The molecule has 3 atom stereocenters. The first-order chi connectivity index (χ1) is 18.3. The molecule has 0 radical (unpaired) electrons. The third-order valence-electron chi connectivity index (χ3n) is 6.05. The highest BCUT2D eigenvalue weighted by Gasteiger charge is 2.60. The number of hydrogen-bond acceptors (Lipinski definition) is 9. The summed E-state index contributed by atoms with van der Waals surface area (Å²) in [5.41, 5.74) is 1.15. The number of nitro benzene ring substituents is 1. The molecular weight excluding hydrogens is 542 g/mol. The quantitative estimate of drug-likeness (QED) is 0.0609. The summed E-state index contributed by atoms with van der Waals surface area (Å²) >= 11 is 0.950. The van der Waals surface area contributed by atoms with Crippen molar-refractivity contribution >= 4 is 49.7 Å². The smallest absolute Gasteiger partial charge is 0.333 e. The Morgan fingerprint density at radius 1 is 1.08 bits per heavy atom. The number of benzene rings is 2. The minimum atomic E-state index is -2.13. The maximum Gasteiger partial charge on any atom is 0.333 e. The van der Waals surface area contributed by atoms with Crippen LogP contribution in [0.4, 0.5) is 5.69 Å². The molecule has 3 unspecified atom stereocenters. The number of esters is 1. The van der Waals surface area contributed by atoms with Gasteiger partial charge in [-0.1, -0.05) is 18.7 Å². The van der Waals surface area contributed by atoms with Gasteiger partial charge < -0.3 is 13.5 Å². The fourth-order valence-corrected chi connectivity index (χ4v) is 6.45. The molecular formula is C26H27N3O8SSi. The SMILES string of the molecule is C=C(C)C(C(=O)OCc1ccc([N+](=O)[O-])cc1)N1C(=O)C(N2C(=O)c3ccccc3C2=O)C1SO[Si](C)(C)C. The first-order valence-electron chi connectivity index (χ1n) is 12.0. The minimum absolute atomic E-state index is 0.0995. The number of rotatable bonds is 10. The summed E-state index contributed by atoms with van der Waals surface area (Å²) in [5.74, 6) is -2.55. The molecule has 13 heteroatoms. The van der Waals surface area contributed by atoms with Crippen molar-refractivity contribution in [2.45, 2.75) is 50.6 Å². The molecule has 2 aromatic rings. The molecule has 1 fully saturated rings. The standard InChI is InChI=1S/C26H27N3O8SSi/c1-15(2)20(26(33)36-14-16-10-12-17(13-11-16)29(34)35)28-24(32)21(25(28)38-37-39(3,4)5)27-22(30)18-8-6-7-9-19(18)23(27)31/h6-13,20-21,25H,1,14H2,2-5H3. The zero-order valence-corrected chi connectivity index (χ0v) is 23.6. The van der Waals surface area contributed by atoms with E-state index in [-0.39, 0.29) is 23.4 Å². The molecule has 2 aromatic carbocycles. The van der Waals surface area contributed by atoms with E-state index in [0.717, 1.165) is 16.9 Å². The number of carbonyl (C=O) groups is 4. The van der Waals surface area contributed by atoms with E-state index in [1.165, 1.54) is 41.3 Å². The molecule has 11 nitrogen and oxygen atoms in total. The van der Waals surface area contributed by atoms with Crippen LogP contribution in [-0.2, 0) is 24.8 Å². The van der Waals surface area contributed by atoms with Crippen LogP contribution in [0, 0.1) is 10.1 Å². The van der Waals surface area contributed by atoms with Crippen LogP contribution in [0.2, 0.25) is 19.6 Å². The summed E-state index contributed by atoms with van der Waals surface area (Å²) in [5, 5.41) is 10.0. The first-order valence-corrected chi connectivity index (χ1v) is 16.2. The molecule has 0 saturated carbocycles. The van der Waals surface area contributed by atoms with E-state index in [4.69, 9.17) is 8.61 Å². The molecule has 2 aliphatic rings. The normalized spacial score (nSPS) is 19.4. The van der Waals surface area contributed by atoms with E-state index in [2.05, 4.69) is 6.58 Å². The molecule has 0 aromatic heterocycles. The van der Waals surface area contributed by atoms with Gasteiger partial charge in [0.15, 0.2) is 12.1 Å². The number of ether oxygens (including phenoxy) is 1. The lowest BCUT2D eigenvalue weighted by Gasteiger charge is -2.51. The summed E-state index contributed by atoms with van der Waals surface area (Å²) in [4.78, 5) is 65.6. The minimum Gasteiger partial charge on any atom is -0.459 e. The average Bonchev–Trinajstić information content (AvgIpc) is 3.12. The molecule has 1 saturated heterocycles. The van der Waals surface area contributed by atoms with Crippen LogP contribution in [0.1, 0.15) is 33.2 Å². The Bertz CT molecular complexity index is 1340. The number of β-lactam (4-membered cyclic amide) rings is 1. The van der Waals surface area contributed by atoms with Gasteiger partial charge in [-0.3, -0.25) is 29.4 Å². The van der Waals surface area contributed by atoms with Gasteiger partial charge in [0.1, 0.15) is 12.0 Å². The van der Waals surface area contributed by atoms with E-state index in [0.29, 0.717) is 11.1 Å². The molecule has 2 aliphatic heterocycles. The van der Waals surface area contributed by atoms with E-state index < -0.39 is 54.4 Å². The van der Waals surface area contributed by atoms with E-state index in [1.54, 1.807) is 19.1 Å². The number of hydrogen-bond donors (Lipinski definition) is 0. The second-order valence-electron chi connectivity index (χ2n) is 10.2. The van der Waals surface area contributed by atoms with Gasteiger partial charge in [0, 0.05) is 24.2 Å². The van der Waals surface area contributed by atoms with Gasteiger partial charge >= 0.3 is 5.97 Å². The number of nitro groups is 1. The van der Waals surface area contributed by atoms with Crippen molar-refractivity contribution in [2.24, 2.45) is 0 Å². The molecule has 3 amide bonds. The number of amides is 3. The lowest BCUT2D eigenvalue weighted by molar-refractivity contribution is -0.384. The van der Waals surface area contributed by atoms with Crippen LogP contribution in [0.15, 0.2) is 60.7 Å². The number of fused-ring (bicyclic) bond motifs is 1. The Morgan fingerprint density at radius 3 is 2.13 bits per heavy atom. The molecule has 2 heterocycles. The van der Waals surface area contributed by atoms with Gasteiger partial charge in [0.2, 0.25) is 8.32 Å². The fourth-order valence-electron chi connectivity index (χ4n) is 4.23. The third-order valence-corrected chi connectivity index (χ3v) is 9.12. The highest BCUT2D eigenvalue weighted by molar-refractivity contribution is 7.96. The lowest BCUT2D eigenvalue weighted by Crippen LogP contribution is -2.73. The Balaban J connectivity index is 1.57. The van der Waals surface area contributed by atoms with Crippen LogP contribution < -0.4 is 0 Å². The molecule has 0 bridgehead atoms. The maximum atomic E-state index is 13.6. The van der Waals surface area contributed by atoms with E-state index in [9.17, 15) is 29.3 Å². The van der Waals surface area contributed by atoms with Crippen molar-refractivity contribution in [3.05, 3.63) is 87.5 Å². The van der Waals surface area contributed by atoms with Crippen molar-refractivity contribution in [3.8, 4) is 0 Å². The molecule has 4 rings (SSSR count). The molecule has 204 valence electrons. The average molecular weight is 570 g/mol. The lowest BCUT2D eigenvalue weighted by atomic mass is 9.98. The highest BCUT2D eigenvalue weighted by atomic mass is 32.2. The number of likely N-dealkylation sites (tertiary alicyclic amines) is 1. The van der Waals surface area contributed by atoms with Crippen molar-refractivity contribution in [1.82, 2.24) is 9.80 Å². The van der Waals surface area contributed by atoms with Gasteiger partial charge in [-0.25, -0.2) is 4.79 Å². The Hall–Kier alpha value is -3.81. The van der Waals surface area contributed by atoms with E-state index >= 15 is 0 Å².